The number of carbonyl (C=O) groups is 1. The van der Waals surface area contributed by atoms with Gasteiger partial charge in [0.15, 0.2) is 5.82 Å². The smallest absolute Gasteiger partial charge is 0.266 e. The number of carbonyl (C=O) groups excluding carboxylic acids is 1. The lowest BCUT2D eigenvalue weighted by molar-refractivity contribution is 0.100. The topological polar surface area (TPSA) is 88.5 Å². The van der Waals surface area contributed by atoms with E-state index in [4.69, 9.17) is 12.2 Å². The minimum Gasteiger partial charge on any atom is -0.266 e. The van der Waals surface area contributed by atoms with Crippen LogP contribution in [0.3, 0.4) is 0 Å². The third-order valence-corrected chi connectivity index (χ3v) is 3.34. The summed E-state index contributed by atoms with van der Waals surface area (Å²) in [6.07, 6.45) is 4.33. The molecule has 0 unspecified atom stereocenters. The highest BCUT2D eigenvalue weighted by molar-refractivity contribution is 7.71. The summed E-state index contributed by atoms with van der Waals surface area (Å²) in [5.41, 5.74) is 4.76. The van der Waals surface area contributed by atoms with Crippen LogP contribution < -0.4 is 5.43 Å². The van der Waals surface area contributed by atoms with E-state index in [1.807, 2.05) is 31.2 Å². The molecular formula is C14H12N6OS. The fourth-order valence-electron chi connectivity index (χ4n) is 1.98. The van der Waals surface area contributed by atoms with Crippen LogP contribution in [0.2, 0.25) is 0 Å². The molecule has 7 nitrogen and oxygen atoms in total. The fraction of sp³-hybridized carbons (Fsp3) is 0.0714. The third kappa shape index (κ3) is 2.63. The van der Waals surface area contributed by atoms with Gasteiger partial charge < -0.3 is 0 Å². The first-order valence-electron chi connectivity index (χ1n) is 6.47. The number of aromatic nitrogens is 5. The standard InChI is InChI=1S/C14H12N6OS/c1-9-4-2-3-5-10(9)12-17-18-14(22)20(12)19-13(21)11-8-15-6-7-16-11/h2-8H,1H3,(H,18,22)(H,19,21). The molecule has 2 aromatic heterocycles. The van der Waals surface area contributed by atoms with Gasteiger partial charge in [0.1, 0.15) is 5.69 Å². The molecule has 2 heterocycles. The summed E-state index contributed by atoms with van der Waals surface area (Å²) >= 11 is 5.18. The first-order chi connectivity index (χ1) is 10.7. The van der Waals surface area contributed by atoms with Gasteiger partial charge in [-0.2, -0.15) is 5.10 Å². The summed E-state index contributed by atoms with van der Waals surface area (Å²) in [4.78, 5) is 20.0. The van der Waals surface area contributed by atoms with E-state index in [1.165, 1.54) is 23.3 Å². The first kappa shape index (κ1) is 14.1. The molecule has 0 atom stereocenters. The van der Waals surface area contributed by atoms with Crippen LogP contribution in [-0.2, 0) is 0 Å². The molecule has 22 heavy (non-hydrogen) atoms. The molecule has 1 aromatic carbocycles. The Morgan fingerprint density at radius 1 is 1.32 bits per heavy atom. The van der Waals surface area contributed by atoms with Crippen LogP contribution in [0.1, 0.15) is 16.1 Å². The number of rotatable bonds is 3. The maximum Gasteiger partial charge on any atom is 0.290 e. The monoisotopic (exact) mass is 312 g/mol. The van der Waals surface area contributed by atoms with Crippen molar-refractivity contribution < 1.29 is 4.79 Å². The average Bonchev–Trinajstić information content (AvgIpc) is 2.90. The lowest BCUT2D eigenvalue weighted by atomic mass is 10.1. The van der Waals surface area contributed by atoms with Gasteiger partial charge in [0.05, 0.1) is 6.20 Å². The number of nitrogens with one attached hydrogen (secondary N) is 2. The number of hydrogen-bond acceptors (Lipinski definition) is 5. The van der Waals surface area contributed by atoms with Gasteiger partial charge >= 0.3 is 0 Å². The molecule has 0 bridgehead atoms. The number of nitrogens with zero attached hydrogens (tertiary/aromatic N) is 4. The summed E-state index contributed by atoms with van der Waals surface area (Å²) in [6, 6.07) is 7.70. The van der Waals surface area contributed by atoms with Crippen LogP contribution in [0.15, 0.2) is 42.9 Å². The summed E-state index contributed by atoms with van der Waals surface area (Å²) in [6.45, 7) is 1.96. The van der Waals surface area contributed by atoms with Crippen molar-refractivity contribution in [1.29, 1.82) is 0 Å². The van der Waals surface area contributed by atoms with Crippen molar-refractivity contribution in [3.8, 4) is 11.4 Å². The molecule has 0 aliphatic heterocycles. The normalized spacial score (nSPS) is 10.4. The summed E-state index contributed by atoms with van der Waals surface area (Å²) in [5, 5.41) is 6.87. The van der Waals surface area contributed by atoms with Crippen molar-refractivity contribution in [2.45, 2.75) is 6.92 Å². The van der Waals surface area contributed by atoms with Gasteiger partial charge in [-0.15, -0.1) is 0 Å². The van der Waals surface area contributed by atoms with Crippen LogP contribution in [0.4, 0.5) is 0 Å². The Labute approximate surface area is 131 Å². The molecule has 3 rings (SSSR count). The molecule has 0 spiro atoms. The third-order valence-electron chi connectivity index (χ3n) is 3.07. The Morgan fingerprint density at radius 3 is 2.86 bits per heavy atom. The minimum absolute atomic E-state index is 0.196. The minimum atomic E-state index is -0.416. The van der Waals surface area contributed by atoms with Crippen molar-refractivity contribution in [2.75, 3.05) is 5.43 Å². The molecule has 8 heteroatoms. The predicted molar refractivity (Wildman–Crippen MR) is 83.3 cm³/mol. The van der Waals surface area contributed by atoms with Gasteiger partial charge in [0, 0.05) is 18.0 Å². The van der Waals surface area contributed by atoms with E-state index in [2.05, 4.69) is 25.6 Å². The summed E-state index contributed by atoms with van der Waals surface area (Å²) in [5.74, 6) is 0.112. The Morgan fingerprint density at radius 2 is 2.14 bits per heavy atom. The lowest BCUT2D eigenvalue weighted by Gasteiger charge is -2.09. The first-order valence-corrected chi connectivity index (χ1v) is 6.88. The fourth-order valence-corrected chi connectivity index (χ4v) is 2.16. The molecule has 0 aliphatic carbocycles. The van der Waals surface area contributed by atoms with Gasteiger partial charge in [-0.25, -0.2) is 14.8 Å². The van der Waals surface area contributed by atoms with Gasteiger partial charge in [0.25, 0.3) is 5.91 Å². The van der Waals surface area contributed by atoms with E-state index in [9.17, 15) is 4.79 Å². The Bertz CT molecular complexity index is 870. The Hall–Kier alpha value is -2.87. The predicted octanol–water partition coefficient (Wildman–Crippen LogP) is 2.09. The van der Waals surface area contributed by atoms with E-state index in [-0.39, 0.29) is 10.5 Å². The van der Waals surface area contributed by atoms with Gasteiger partial charge in [-0.1, -0.05) is 24.3 Å². The second-order valence-electron chi connectivity index (χ2n) is 4.53. The van der Waals surface area contributed by atoms with E-state index in [0.717, 1.165) is 11.1 Å². The molecule has 0 radical (unpaired) electrons. The summed E-state index contributed by atoms with van der Waals surface area (Å²) in [7, 11) is 0. The molecular weight excluding hydrogens is 300 g/mol. The Kier molecular flexibility index (Phi) is 3.75. The number of hydrogen-bond donors (Lipinski definition) is 2. The number of amides is 1. The quantitative estimate of drug-likeness (QED) is 0.723. The maximum atomic E-state index is 12.2. The van der Waals surface area contributed by atoms with Crippen molar-refractivity contribution in [3.05, 3.63) is 58.9 Å². The SMILES string of the molecule is Cc1ccccc1-c1n[nH]c(=S)n1NC(=O)c1cnccn1. The Balaban J connectivity index is 1.99. The molecule has 3 aromatic rings. The second kappa shape index (κ2) is 5.86. The van der Waals surface area contributed by atoms with Crippen LogP contribution in [0.25, 0.3) is 11.4 Å². The van der Waals surface area contributed by atoms with Gasteiger partial charge in [0.2, 0.25) is 4.77 Å². The van der Waals surface area contributed by atoms with Gasteiger partial charge in [-0.05, 0) is 24.7 Å². The van der Waals surface area contributed by atoms with E-state index >= 15 is 0 Å². The van der Waals surface area contributed by atoms with Crippen molar-refractivity contribution in [3.63, 3.8) is 0 Å². The highest BCUT2D eigenvalue weighted by Crippen LogP contribution is 2.20. The van der Waals surface area contributed by atoms with E-state index in [0.29, 0.717) is 5.82 Å². The zero-order valence-electron chi connectivity index (χ0n) is 11.6. The summed E-state index contributed by atoms with van der Waals surface area (Å²) < 4.78 is 1.71. The molecule has 1 amide bonds. The molecule has 110 valence electrons. The zero-order chi connectivity index (χ0) is 15.5. The zero-order valence-corrected chi connectivity index (χ0v) is 12.5. The highest BCUT2D eigenvalue weighted by atomic mass is 32.1. The largest absolute Gasteiger partial charge is 0.290 e. The van der Waals surface area contributed by atoms with Crippen molar-refractivity contribution in [2.24, 2.45) is 0 Å². The molecule has 0 saturated carbocycles. The number of aromatic amines is 1. The van der Waals surface area contributed by atoms with Crippen molar-refractivity contribution >= 4 is 18.1 Å². The van der Waals surface area contributed by atoms with Crippen LogP contribution in [0, 0.1) is 11.7 Å². The van der Waals surface area contributed by atoms with E-state index < -0.39 is 5.91 Å². The number of aryl methyl sites for hydroxylation is 1. The van der Waals surface area contributed by atoms with Crippen LogP contribution in [0.5, 0.6) is 0 Å². The number of benzene rings is 1. The number of H-pyrrole nitrogens is 1. The van der Waals surface area contributed by atoms with Crippen molar-refractivity contribution in [1.82, 2.24) is 24.8 Å². The molecule has 2 N–H and O–H groups in total. The van der Waals surface area contributed by atoms with Crippen LogP contribution >= 0.6 is 12.2 Å². The lowest BCUT2D eigenvalue weighted by Crippen LogP contribution is -2.24. The maximum absolute atomic E-state index is 12.2. The van der Waals surface area contributed by atoms with Gasteiger partial charge in [-0.3, -0.25) is 15.2 Å². The van der Waals surface area contributed by atoms with E-state index in [1.54, 1.807) is 0 Å². The second-order valence-corrected chi connectivity index (χ2v) is 4.92. The molecule has 0 fully saturated rings. The molecule has 0 aliphatic rings. The van der Waals surface area contributed by atoms with Crippen LogP contribution in [-0.4, -0.2) is 30.7 Å². The highest BCUT2D eigenvalue weighted by Gasteiger charge is 2.14. The molecule has 0 saturated heterocycles. The average molecular weight is 312 g/mol.